The van der Waals surface area contributed by atoms with Crippen LogP contribution in [0.15, 0.2) is 35.5 Å². The molecule has 4 rings (SSSR count). The van der Waals surface area contributed by atoms with Gasteiger partial charge >= 0.3 is 0 Å². The normalized spacial score (nSPS) is 17.7. The smallest absolute Gasteiger partial charge is 0.236 e. The molecule has 1 atom stereocenters. The number of carbonyl (C=O) groups is 2. The lowest BCUT2D eigenvalue weighted by Crippen LogP contribution is -2.38. The van der Waals surface area contributed by atoms with Crippen molar-refractivity contribution in [1.82, 2.24) is 20.5 Å². The van der Waals surface area contributed by atoms with Crippen LogP contribution in [0.3, 0.4) is 0 Å². The minimum absolute atomic E-state index is 0.0316. The molecule has 2 N–H and O–H groups in total. The predicted molar refractivity (Wildman–Crippen MR) is 123 cm³/mol. The minimum atomic E-state index is -0.531. The molecule has 174 valence electrons. The molecule has 33 heavy (non-hydrogen) atoms. The van der Waals surface area contributed by atoms with E-state index in [2.05, 4.69) is 20.6 Å². The monoisotopic (exact) mass is 473 g/mol. The number of fused-ring (bicyclic) bond motifs is 1. The van der Waals surface area contributed by atoms with Crippen molar-refractivity contribution in [3.05, 3.63) is 52.6 Å². The molecule has 0 aliphatic carbocycles. The van der Waals surface area contributed by atoms with Gasteiger partial charge < -0.3 is 20.3 Å². The molecule has 2 aromatic rings. The van der Waals surface area contributed by atoms with Crippen LogP contribution in [-0.2, 0) is 11.3 Å². The summed E-state index contributed by atoms with van der Waals surface area (Å²) >= 11 is 5.79. The number of hydrogen-bond donors (Lipinski definition) is 2. The van der Waals surface area contributed by atoms with Gasteiger partial charge in [-0.15, -0.1) is 0 Å². The molecule has 3 heterocycles. The summed E-state index contributed by atoms with van der Waals surface area (Å²) in [5.74, 6) is -0.192. The molecule has 1 saturated heterocycles. The van der Waals surface area contributed by atoms with E-state index in [-0.39, 0.29) is 36.3 Å². The fourth-order valence-electron chi connectivity index (χ4n) is 3.89. The van der Waals surface area contributed by atoms with Crippen molar-refractivity contribution < 1.29 is 18.7 Å². The molecular formula is C23H25ClFN5O3. The van der Waals surface area contributed by atoms with E-state index < -0.39 is 5.82 Å². The lowest BCUT2D eigenvalue weighted by atomic mass is 10.00. The van der Waals surface area contributed by atoms with Gasteiger partial charge in [0.2, 0.25) is 5.91 Å². The summed E-state index contributed by atoms with van der Waals surface area (Å²) in [6, 6.07) is 6.05. The number of amides is 1. The van der Waals surface area contributed by atoms with Crippen molar-refractivity contribution in [1.29, 1.82) is 0 Å². The zero-order valence-corrected chi connectivity index (χ0v) is 19.0. The fourth-order valence-corrected chi connectivity index (χ4v) is 4.06. The zero-order valence-electron chi connectivity index (χ0n) is 18.2. The molecule has 0 radical (unpaired) electrons. The second kappa shape index (κ2) is 10.4. The number of likely N-dealkylation sites (N-methyl/N-ethyl adjacent to an activating group) is 1. The third kappa shape index (κ3) is 5.55. The van der Waals surface area contributed by atoms with Gasteiger partial charge in [-0.05, 0) is 31.7 Å². The molecule has 1 aromatic heterocycles. The Hall–Kier alpha value is -2.88. The molecule has 2 aliphatic heterocycles. The topological polar surface area (TPSA) is 95.9 Å². The van der Waals surface area contributed by atoms with Gasteiger partial charge in [0.25, 0.3) is 0 Å². The Labute approximate surface area is 196 Å². The van der Waals surface area contributed by atoms with E-state index in [1.807, 2.05) is 11.9 Å². The number of hydrogen-bond acceptors (Lipinski definition) is 7. The number of Topliss-reactive ketones (excluding diaryl/α,β-unsaturated/α-hetero) is 1. The minimum Gasteiger partial charge on any atom is -0.488 e. The molecule has 1 amide bonds. The van der Waals surface area contributed by atoms with Gasteiger partial charge in [-0.2, -0.15) is 0 Å². The van der Waals surface area contributed by atoms with Crippen LogP contribution in [0, 0.1) is 5.82 Å². The SMILES string of the molecule is CNC1CCN(C(=O)CNCc2nccc3c2N=C(COc2ccc(F)c(Cl)c2)CC3=O)C1. The summed E-state index contributed by atoms with van der Waals surface area (Å²) in [6.07, 6.45) is 2.64. The molecule has 0 spiro atoms. The maximum atomic E-state index is 13.3. The van der Waals surface area contributed by atoms with E-state index in [4.69, 9.17) is 16.3 Å². The highest BCUT2D eigenvalue weighted by Gasteiger charge is 2.26. The summed E-state index contributed by atoms with van der Waals surface area (Å²) in [5, 5.41) is 6.28. The van der Waals surface area contributed by atoms with Crippen LogP contribution < -0.4 is 15.4 Å². The Bertz CT molecular complexity index is 1090. The Balaban J connectivity index is 1.40. The first-order valence-corrected chi connectivity index (χ1v) is 11.1. The number of aromatic nitrogens is 1. The van der Waals surface area contributed by atoms with Crippen LogP contribution in [-0.4, -0.2) is 66.6 Å². The zero-order chi connectivity index (χ0) is 23.4. The highest BCUT2D eigenvalue weighted by atomic mass is 35.5. The first kappa shape index (κ1) is 23.3. The molecule has 1 unspecified atom stereocenters. The number of nitrogens with one attached hydrogen (secondary N) is 2. The third-order valence-corrected chi connectivity index (χ3v) is 6.04. The standard InChI is InChI=1S/C23H25ClFN5O3/c1-26-14-5-7-30(12-14)22(32)11-27-10-20-23-17(4-6-28-20)21(31)8-15(29-23)13-33-16-2-3-19(25)18(24)9-16/h2-4,6,9,14,26-27H,5,7-8,10-13H2,1H3. The van der Waals surface area contributed by atoms with Crippen molar-refractivity contribution in [2.24, 2.45) is 4.99 Å². The number of nitrogens with zero attached hydrogens (tertiary/aromatic N) is 3. The predicted octanol–water partition coefficient (Wildman–Crippen LogP) is 2.52. The number of pyridine rings is 1. The maximum Gasteiger partial charge on any atom is 0.236 e. The quantitative estimate of drug-likeness (QED) is 0.611. The van der Waals surface area contributed by atoms with Gasteiger partial charge in [-0.3, -0.25) is 19.6 Å². The summed E-state index contributed by atoms with van der Waals surface area (Å²) in [7, 11) is 1.90. The van der Waals surface area contributed by atoms with Crippen molar-refractivity contribution in [2.45, 2.75) is 25.4 Å². The number of ketones is 1. The molecule has 10 heteroatoms. The lowest BCUT2D eigenvalue weighted by molar-refractivity contribution is -0.129. The highest BCUT2D eigenvalue weighted by molar-refractivity contribution is 6.30. The van der Waals surface area contributed by atoms with Crippen molar-refractivity contribution in [2.75, 3.05) is 33.3 Å². The number of aliphatic imine (C=N–C) groups is 1. The van der Waals surface area contributed by atoms with Gasteiger partial charge in [-0.1, -0.05) is 11.6 Å². The maximum absolute atomic E-state index is 13.3. The third-order valence-electron chi connectivity index (χ3n) is 5.75. The number of carbonyl (C=O) groups excluding carboxylic acids is 2. The molecule has 1 aromatic carbocycles. The number of halogens is 2. The molecule has 2 aliphatic rings. The molecule has 1 fully saturated rings. The second-order valence-electron chi connectivity index (χ2n) is 8.01. The fraction of sp³-hybridized carbons (Fsp3) is 0.391. The van der Waals surface area contributed by atoms with E-state index in [1.165, 1.54) is 18.2 Å². The van der Waals surface area contributed by atoms with Gasteiger partial charge in [-0.25, -0.2) is 4.39 Å². The van der Waals surface area contributed by atoms with Crippen molar-refractivity contribution in [3.8, 4) is 5.75 Å². The van der Waals surface area contributed by atoms with E-state index in [1.54, 1.807) is 12.3 Å². The Morgan fingerprint density at radius 2 is 2.21 bits per heavy atom. The number of rotatable bonds is 8. The number of likely N-dealkylation sites (tertiary alicyclic amines) is 1. The lowest BCUT2D eigenvalue weighted by Gasteiger charge is -2.19. The largest absolute Gasteiger partial charge is 0.488 e. The van der Waals surface area contributed by atoms with Gasteiger partial charge in [0.1, 0.15) is 18.2 Å². The second-order valence-corrected chi connectivity index (χ2v) is 8.42. The molecule has 0 bridgehead atoms. The first-order chi connectivity index (χ1) is 15.9. The summed E-state index contributed by atoms with van der Waals surface area (Å²) in [6.45, 7) is 2.00. The van der Waals surface area contributed by atoms with Crippen LogP contribution in [0.25, 0.3) is 0 Å². The van der Waals surface area contributed by atoms with E-state index in [0.29, 0.717) is 47.5 Å². The molecular weight excluding hydrogens is 449 g/mol. The molecule has 8 nitrogen and oxygen atoms in total. The van der Waals surface area contributed by atoms with Crippen molar-refractivity contribution in [3.63, 3.8) is 0 Å². The van der Waals surface area contributed by atoms with Crippen molar-refractivity contribution >= 4 is 34.7 Å². The average Bonchev–Trinajstić information content (AvgIpc) is 3.30. The van der Waals surface area contributed by atoms with Crippen LogP contribution >= 0.6 is 11.6 Å². The van der Waals surface area contributed by atoms with Crippen LogP contribution in [0.5, 0.6) is 5.75 Å². The summed E-state index contributed by atoms with van der Waals surface area (Å²) in [5.41, 5.74) is 2.11. The summed E-state index contributed by atoms with van der Waals surface area (Å²) in [4.78, 5) is 35.9. The summed E-state index contributed by atoms with van der Waals surface area (Å²) < 4.78 is 19.0. The van der Waals surface area contributed by atoms with Gasteiger partial charge in [0.05, 0.1) is 35.1 Å². The number of ether oxygens (including phenoxy) is 1. The van der Waals surface area contributed by atoms with Crippen LogP contribution in [0.1, 0.15) is 28.9 Å². The van der Waals surface area contributed by atoms with Gasteiger partial charge in [0, 0.05) is 43.5 Å². The molecule has 0 saturated carbocycles. The Kier molecular flexibility index (Phi) is 7.32. The number of benzene rings is 1. The van der Waals surface area contributed by atoms with Crippen LogP contribution in [0.4, 0.5) is 10.1 Å². The first-order valence-electron chi connectivity index (χ1n) is 10.8. The van der Waals surface area contributed by atoms with Gasteiger partial charge in [0.15, 0.2) is 5.78 Å². The van der Waals surface area contributed by atoms with Crippen LogP contribution in [0.2, 0.25) is 5.02 Å². The van der Waals surface area contributed by atoms with E-state index in [0.717, 1.165) is 13.0 Å². The Morgan fingerprint density at radius 3 is 2.97 bits per heavy atom. The van der Waals surface area contributed by atoms with E-state index in [9.17, 15) is 14.0 Å². The average molecular weight is 474 g/mol. The highest BCUT2D eigenvalue weighted by Crippen LogP contribution is 2.29. The van der Waals surface area contributed by atoms with E-state index >= 15 is 0 Å². The Morgan fingerprint density at radius 1 is 1.36 bits per heavy atom.